The lowest BCUT2D eigenvalue weighted by Gasteiger charge is -2.22. The number of aromatic nitrogens is 2. The van der Waals surface area contributed by atoms with Crippen molar-refractivity contribution >= 4 is 36.1 Å². The fraction of sp³-hybridized carbons (Fsp3) is 0.304. The fourth-order valence-electron chi connectivity index (χ4n) is 2.68. The molecular weight excluding hydrogens is 485 g/mol. The van der Waals surface area contributed by atoms with Gasteiger partial charge in [-0.05, 0) is 62.7 Å². The molecule has 0 aliphatic rings. The number of aryl methyl sites for hydroxylation is 1. The Morgan fingerprint density at radius 1 is 1.24 bits per heavy atom. The summed E-state index contributed by atoms with van der Waals surface area (Å²) in [5, 5.41) is 16.5. The van der Waals surface area contributed by atoms with Crippen molar-refractivity contribution in [2.75, 3.05) is 19.0 Å². The highest BCUT2D eigenvalue weighted by Gasteiger charge is 2.21. The molecule has 0 atom stereocenters. The van der Waals surface area contributed by atoms with Gasteiger partial charge in [0.25, 0.3) is 0 Å². The number of amides is 1. The number of aliphatic hydroxyl groups excluding tert-OH is 1. The van der Waals surface area contributed by atoms with E-state index in [2.05, 4.69) is 10.4 Å². The highest BCUT2D eigenvalue weighted by Crippen LogP contribution is 2.31. The van der Waals surface area contributed by atoms with Crippen LogP contribution < -0.4 is 14.8 Å². The zero-order valence-corrected chi connectivity index (χ0v) is 20.8. The standard InChI is InChI=1S/C12H16FNO4S.C11H11ClN2O/c1-12(2,18-19-13)7-17-10-5-4-9(14-8-15)6-11(10)16-3;1-8-6-14(13-11(8)7-15)10-4-2-9(12)3-5-10/h4-6,8H,7H2,1-3H3,(H,14,15);2-6,15H,7H2,1H3. The van der Waals surface area contributed by atoms with Gasteiger partial charge in [0, 0.05) is 23.0 Å². The molecule has 1 heterocycles. The Labute approximate surface area is 207 Å². The lowest BCUT2D eigenvalue weighted by atomic mass is 10.2. The summed E-state index contributed by atoms with van der Waals surface area (Å²) in [4.78, 5) is 10.4. The van der Waals surface area contributed by atoms with Crippen LogP contribution in [0.15, 0.2) is 48.7 Å². The first-order chi connectivity index (χ1) is 16.2. The van der Waals surface area contributed by atoms with Gasteiger partial charge >= 0.3 is 0 Å². The Kier molecular flexibility index (Phi) is 10.6. The number of halogens is 2. The molecule has 0 bridgehead atoms. The second-order valence-corrected chi connectivity index (χ2v) is 8.39. The Morgan fingerprint density at radius 2 is 1.94 bits per heavy atom. The predicted octanol–water partition coefficient (Wildman–Crippen LogP) is 5.30. The Morgan fingerprint density at radius 3 is 2.50 bits per heavy atom. The number of nitrogens with one attached hydrogen (secondary N) is 1. The van der Waals surface area contributed by atoms with Crippen LogP contribution in [0.2, 0.25) is 5.02 Å². The van der Waals surface area contributed by atoms with Crippen LogP contribution in [0.5, 0.6) is 11.5 Å². The molecule has 1 aromatic heterocycles. The van der Waals surface area contributed by atoms with Crippen LogP contribution in [0.4, 0.5) is 9.57 Å². The fourth-order valence-corrected chi connectivity index (χ4v) is 3.03. The third-order valence-electron chi connectivity index (χ3n) is 4.46. The van der Waals surface area contributed by atoms with Gasteiger partial charge in [0.2, 0.25) is 18.8 Å². The van der Waals surface area contributed by atoms with E-state index in [1.54, 1.807) is 36.7 Å². The zero-order chi connectivity index (χ0) is 25.1. The van der Waals surface area contributed by atoms with E-state index in [1.165, 1.54) is 7.11 Å². The summed E-state index contributed by atoms with van der Waals surface area (Å²) in [5.74, 6) is 0.954. The molecule has 3 rings (SSSR count). The number of nitrogens with zero attached hydrogens (tertiary/aromatic N) is 2. The van der Waals surface area contributed by atoms with Crippen molar-refractivity contribution in [1.29, 1.82) is 0 Å². The number of hydrogen-bond acceptors (Lipinski definition) is 7. The molecule has 0 spiro atoms. The minimum Gasteiger partial charge on any atom is -0.493 e. The van der Waals surface area contributed by atoms with Crippen molar-refractivity contribution in [1.82, 2.24) is 9.78 Å². The molecule has 0 aliphatic carbocycles. The molecule has 3 aromatic rings. The summed E-state index contributed by atoms with van der Waals surface area (Å²) >= 11 is 5.60. The molecule has 0 saturated heterocycles. The summed E-state index contributed by atoms with van der Waals surface area (Å²) in [6.07, 6.45) is 2.46. The van der Waals surface area contributed by atoms with E-state index < -0.39 is 5.60 Å². The highest BCUT2D eigenvalue weighted by atomic mass is 35.5. The van der Waals surface area contributed by atoms with Gasteiger partial charge in [-0.2, -0.15) is 5.10 Å². The van der Waals surface area contributed by atoms with Crippen LogP contribution in [0, 0.1) is 6.92 Å². The van der Waals surface area contributed by atoms with Gasteiger partial charge in [-0.1, -0.05) is 11.6 Å². The molecule has 0 unspecified atom stereocenters. The van der Waals surface area contributed by atoms with Gasteiger partial charge in [-0.3, -0.25) is 8.98 Å². The molecule has 0 saturated carbocycles. The van der Waals surface area contributed by atoms with Gasteiger partial charge in [0.05, 0.1) is 25.1 Å². The van der Waals surface area contributed by atoms with E-state index in [0.717, 1.165) is 11.3 Å². The number of ether oxygens (including phenoxy) is 2. The van der Waals surface area contributed by atoms with Crippen molar-refractivity contribution in [2.24, 2.45) is 0 Å². The molecule has 8 nitrogen and oxygen atoms in total. The van der Waals surface area contributed by atoms with Crippen LogP contribution in [-0.2, 0) is 15.6 Å². The number of aliphatic hydroxyl groups is 1. The summed E-state index contributed by atoms with van der Waals surface area (Å²) in [7, 11) is 1.49. The molecule has 0 fully saturated rings. The minimum absolute atomic E-state index is 0.0353. The van der Waals surface area contributed by atoms with E-state index >= 15 is 0 Å². The molecule has 1 amide bonds. The maximum absolute atomic E-state index is 12.1. The van der Waals surface area contributed by atoms with E-state index in [1.807, 2.05) is 37.4 Å². The van der Waals surface area contributed by atoms with Gasteiger partial charge in [0.15, 0.2) is 11.5 Å². The number of hydrogen-bond donors (Lipinski definition) is 2. The molecule has 2 N–H and O–H groups in total. The van der Waals surface area contributed by atoms with E-state index in [0.29, 0.717) is 34.3 Å². The highest BCUT2D eigenvalue weighted by molar-refractivity contribution is 7.89. The summed E-state index contributed by atoms with van der Waals surface area (Å²) in [5.41, 5.74) is 2.43. The van der Waals surface area contributed by atoms with Crippen molar-refractivity contribution in [2.45, 2.75) is 33.0 Å². The molecule has 0 radical (unpaired) electrons. The van der Waals surface area contributed by atoms with Crippen molar-refractivity contribution in [3.63, 3.8) is 0 Å². The smallest absolute Gasteiger partial charge is 0.211 e. The second-order valence-electron chi connectivity index (χ2n) is 7.66. The van der Waals surface area contributed by atoms with E-state index in [4.69, 9.17) is 30.4 Å². The maximum Gasteiger partial charge on any atom is 0.211 e. The minimum atomic E-state index is -0.774. The Bertz CT molecular complexity index is 1060. The molecular formula is C23H27ClFN3O5S. The lowest BCUT2D eigenvalue weighted by molar-refractivity contribution is -0.105. The van der Waals surface area contributed by atoms with Crippen LogP contribution in [0.1, 0.15) is 25.1 Å². The molecule has 2 aromatic carbocycles. The second kappa shape index (κ2) is 13.2. The molecule has 34 heavy (non-hydrogen) atoms. The first kappa shape index (κ1) is 27.5. The summed E-state index contributed by atoms with van der Waals surface area (Å²) < 4.78 is 29.3. The first-order valence-corrected chi connectivity index (χ1v) is 11.1. The van der Waals surface area contributed by atoms with Crippen LogP contribution in [0.25, 0.3) is 5.69 Å². The maximum atomic E-state index is 12.1. The lowest BCUT2D eigenvalue weighted by Crippen LogP contribution is -2.29. The Balaban J connectivity index is 0.000000246. The monoisotopic (exact) mass is 511 g/mol. The third kappa shape index (κ3) is 8.21. The number of carbonyl (C=O) groups is 1. The number of carbonyl (C=O) groups excluding carboxylic acids is 1. The number of rotatable bonds is 10. The topological polar surface area (TPSA) is 94.8 Å². The third-order valence-corrected chi connectivity index (χ3v) is 5.23. The average molecular weight is 512 g/mol. The summed E-state index contributed by atoms with van der Waals surface area (Å²) in [6.45, 7) is 5.45. The molecule has 11 heteroatoms. The van der Waals surface area contributed by atoms with Gasteiger partial charge in [-0.15, -0.1) is 3.89 Å². The SMILES string of the molecule is COc1cc(NC=O)ccc1OCC(C)(C)OSF.Cc1cn(-c2ccc(Cl)cc2)nc1CO. The summed E-state index contributed by atoms with van der Waals surface area (Å²) in [6, 6.07) is 12.3. The number of benzene rings is 2. The number of methoxy groups -OCH3 is 1. The van der Waals surface area contributed by atoms with Gasteiger partial charge in [0.1, 0.15) is 12.2 Å². The zero-order valence-electron chi connectivity index (χ0n) is 19.2. The predicted molar refractivity (Wildman–Crippen MR) is 131 cm³/mol. The Hall–Kier alpha value is -2.79. The number of anilines is 1. The average Bonchev–Trinajstić information content (AvgIpc) is 3.20. The molecule has 0 aliphatic heterocycles. The van der Waals surface area contributed by atoms with Gasteiger partial charge in [-0.25, -0.2) is 4.68 Å². The van der Waals surface area contributed by atoms with E-state index in [9.17, 15) is 8.68 Å². The normalized spacial score (nSPS) is 10.8. The van der Waals surface area contributed by atoms with Crippen LogP contribution >= 0.6 is 24.0 Å². The van der Waals surface area contributed by atoms with Gasteiger partial charge < -0.3 is 19.9 Å². The van der Waals surface area contributed by atoms with E-state index in [-0.39, 0.29) is 25.6 Å². The van der Waals surface area contributed by atoms with Crippen molar-refractivity contribution in [3.05, 3.63) is 64.9 Å². The molecule has 184 valence electrons. The van der Waals surface area contributed by atoms with Crippen LogP contribution in [0.3, 0.4) is 0 Å². The van der Waals surface area contributed by atoms with Crippen molar-refractivity contribution in [3.8, 4) is 17.2 Å². The first-order valence-electron chi connectivity index (χ1n) is 10.1. The largest absolute Gasteiger partial charge is 0.493 e. The van der Waals surface area contributed by atoms with Crippen LogP contribution in [-0.4, -0.2) is 40.6 Å². The van der Waals surface area contributed by atoms with Crippen molar-refractivity contribution < 1.29 is 27.4 Å². The quantitative estimate of drug-likeness (QED) is 0.282.